The molecular weight excluding hydrogens is 204 g/mol. The second-order valence-corrected chi connectivity index (χ2v) is 5.32. The van der Waals surface area contributed by atoms with Crippen molar-refractivity contribution in [3.05, 3.63) is 0 Å². The Morgan fingerprint density at radius 3 is 2.62 bits per heavy atom. The molecule has 2 rings (SSSR count). The second-order valence-electron chi connectivity index (χ2n) is 5.32. The molecule has 1 aliphatic carbocycles. The van der Waals surface area contributed by atoms with Crippen LogP contribution < -0.4 is 5.32 Å². The number of nitrogens with zero attached hydrogens (tertiary/aromatic N) is 1. The molecule has 4 nitrogen and oxygen atoms in total. The second kappa shape index (κ2) is 4.72. The highest BCUT2D eigenvalue weighted by molar-refractivity contribution is 5.73. The van der Waals surface area contributed by atoms with Crippen molar-refractivity contribution < 1.29 is 9.90 Å². The highest BCUT2D eigenvalue weighted by Gasteiger charge is 2.37. The Morgan fingerprint density at radius 2 is 2.12 bits per heavy atom. The first kappa shape index (κ1) is 11.9. The van der Waals surface area contributed by atoms with Gasteiger partial charge in [0.25, 0.3) is 0 Å². The lowest BCUT2D eigenvalue weighted by Crippen LogP contribution is -2.52. The minimum atomic E-state index is -0.280. The van der Waals surface area contributed by atoms with Crippen LogP contribution in [0.25, 0.3) is 0 Å². The lowest BCUT2D eigenvalue weighted by Gasteiger charge is -2.39. The molecule has 1 saturated heterocycles. The fraction of sp³-hybridized carbons (Fsp3) is 0.917. The molecule has 1 heterocycles. The first-order valence-corrected chi connectivity index (χ1v) is 6.25. The molecule has 1 amide bonds. The summed E-state index contributed by atoms with van der Waals surface area (Å²) in [7, 11) is 0. The van der Waals surface area contributed by atoms with Crippen LogP contribution in [-0.4, -0.2) is 47.2 Å². The van der Waals surface area contributed by atoms with E-state index in [9.17, 15) is 9.90 Å². The number of likely N-dealkylation sites (tertiary alicyclic amines) is 1. The maximum atomic E-state index is 11.1. The lowest BCUT2D eigenvalue weighted by molar-refractivity contribution is -0.120. The van der Waals surface area contributed by atoms with Crippen LogP contribution in [0.1, 0.15) is 33.1 Å². The third-order valence-corrected chi connectivity index (χ3v) is 3.66. The molecule has 0 radical (unpaired) electrons. The zero-order valence-electron chi connectivity index (χ0n) is 10.1. The molecule has 3 unspecified atom stereocenters. The fourth-order valence-corrected chi connectivity index (χ4v) is 2.65. The summed E-state index contributed by atoms with van der Waals surface area (Å²) in [4.78, 5) is 13.5. The van der Waals surface area contributed by atoms with Crippen molar-refractivity contribution in [3.8, 4) is 0 Å². The molecule has 0 spiro atoms. The van der Waals surface area contributed by atoms with E-state index in [0.717, 1.165) is 19.5 Å². The normalized spacial score (nSPS) is 33.4. The standard InChI is InChI=1S/C12H22N2O2/c1-8(15)10-5-11(13-9(2)16)7-14(6-10)12-3-4-12/h8,10-12,15H,3-7H2,1-2H3,(H,13,16). The van der Waals surface area contributed by atoms with Gasteiger partial charge in [0.1, 0.15) is 0 Å². The zero-order valence-corrected chi connectivity index (χ0v) is 10.1. The average Bonchev–Trinajstić information content (AvgIpc) is 2.98. The van der Waals surface area contributed by atoms with Crippen LogP contribution in [0, 0.1) is 5.92 Å². The first-order chi connectivity index (χ1) is 7.56. The van der Waals surface area contributed by atoms with Gasteiger partial charge in [-0.3, -0.25) is 9.69 Å². The maximum Gasteiger partial charge on any atom is 0.217 e. The summed E-state index contributed by atoms with van der Waals surface area (Å²) in [5, 5.41) is 12.7. The summed E-state index contributed by atoms with van der Waals surface area (Å²) in [5.74, 6) is 0.332. The number of carbonyl (C=O) groups is 1. The number of hydrogen-bond acceptors (Lipinski definition) is 3. The van der Waals surface area contributed by atoms with Crippen LogP contribution in [0.3, 0.4) is 0 Å². The molecule has 0 aromatic carbocycles. The number of nitrogens with one attached hydrogen (secondary N) is 1. The van der Waals surface area contributed by atoms with E-state index < -0.39 is 0 Å². The van der Waals surface area contributed by atoms with Crippen LogP contribution in [0.5, 0.6) is 0 Å². The Balaban J connectivity index is 1.95. The zero-order chi connectivity index (χ0) is 11.7. The Hall–Kier alpha value is -0.610. The number of piperidine rings is 1. The van der Waals surface area contributed by atoms with Crippen molar-refractivity contribution >= 4 is 5.91 Å². The van der Waals surface area contributed by atoms with E-state index in [4.69, 9.17) is 0 Å². The van der Waals surface area contributed by atoms with E-state index in [2.05, 4.69) is 10.2 Å². The molecule has 2 aliphatic rings. The molecule has 2 N–H and O–H groups in total. The van der Waals surface area contributed by atoms with Gasteiger partial charge < -0.3 is 10.4 Å². The summed E-state index contributed by atoms with van der Waals surface area (Å²) in [5.41, 5.74) is 0. The minimum absolute atomic E-state index is 0.0342. The third-order valence-electron chi connectivity index (χ3n) is 3.66. The van der Waals surface area contributed by atoms with E-state index in [1.807, 2.05) is 6.92 Å². The predicted octanol–water partition coefficient (Wildman–Crippen LogP) is 0.356. The minimum Gasteiger partial charge on any atom is -0.393 e. The summed E-state index contributed by atoms with van der Waals surface area (Å²) in [6.07, 6.45) is 3.18. The van der Waals surface area contributed by atoms with Crippen molar-refractivity contribution in [2.45, 2.75) is 51.3 Å². The van der Waals surface area contributed by atoms with Gasteiger partial charge in [-0.15, -0.1) is 0 Å². The van der Waals surface area contributed by atoms with Crippen LogP contribution >= 0.6 is 0 Å². The molecule has 1 saturated carbocycles. The summed E-state index contributed by atoms with van der Waals surface area (Å²) in [6, 6.07) is 0.921. The van der Waals surface area contributed by atoms with Crippen LogP contribution in [-0.2, 0) is 4.79 Å². The monoisotopic (exact) mass is 226 g/mol. The Morgan fingerprint density at radius 1 is 1.44 bits per heavy atom. The summed E-state index contributed by atoms with van der Waals surface area (Å²) >= 11 is 0. The van der Waals surface area contributed by atoms with E-state index in [0.29, 0.717) is 12.0 Å². The molecule has 0 aromatic rings. The number of rotatable bonds is 3. The highest BCUT2D eigenvalue weighted by Crippen LogP contribution is 2.31. The average molecular weight is 226 g/mol. The smallest absolute Gasteiger partial charge is 0.217 e. The number of carbonyl (C=O) groups excluding carboxylic acids is 1. The number of hydrogen-bond donors (Lipinski definition) is 2. The molecule has 0 bridgehead atoms. The lowest BCUT2D eigenvalue weighted by atomic mass is 9.90. The Bertz CT molecular complexity index is 254. The highest BCUT2D eigenvalue weighted by atomic mass is 16.3. The van der Waals surface area contributed by atoms with Gasteiger partial charge in [-0.05, 0) is 32.1 Å². The number of aliphatic hydroxyl groups is 1. The van der Waals surface area contributed by atoms with E-state index in [1.165, 1.54) is 12.8 Å². The maximum absolute atomic E-state index is 11.1. The van der Waals surface area contributed by atoms with Crippen molar-refractivity contribution in [1.82, 2.24) is 10.2 Å². The molecule has 0 aromatic heterocycles. The van der Waals surface area contributed by atoms with Gasteiger partial charge in [0.15, 0.2) is 0 Å². The summed E-state index contributed by atoms with van der Waals surface area (Å²) < 4.78 is 0. The molecule has 1 aliphatic heterocycles. The van der Waals surface area contributed by atoms with Crippen molar-refractivity contribution in [1.29, 1.82) is 0 Å². The molecular formula is C12H22N2O2. The largest absolute Gasteiger partial charge is 0.393 e. The van der Waals surface area contributed by atoms with Crippen molar-refractivity contribution in [2.24, 2.45) is 5.92 Å². The SMILES string of the molecule is CC(=O)NC1CC(C(C)O)CN(C2CC2)C1. The third kappa shape index (κ3) is 2.95. The Labute approximate surface area is 97.0 Å². The summed E-state index contributed by atoms with van der Waals surface area (Å²) in [6.45, 7) is 5.35. The van der Waals surface area contributed by atoms with Crippen LogP contribution in [0.15, 0.2) is 0 Å². The van der Waals surface area contributed by atoms with E-state index in [-0.39, 0.29) is 18.1 Å². The van der Waals surface area contributed by atoms with Crippen LogP contribution in [0.4, 0.5) is 0 Å². The molecule has 92 valence electrons. The van der Waals surface area contributed by atoms with Gasteiger partial charge in [-0.25, -0.2) is 0 Å². The number of amides is 1. The van der Waals surface area contributed by atoms with Crippen molar-refractivity contribution in [2.75, 3.05) is 13.1 Å². The van der Waals surface area contributed by atoms with Gasteiger partial charge in [-0.2, -0.15) is 0 Å². The van der Waals surface area contributed by atoms with E-state index in [1.54, 1.807) is 6.92 Å². The van der Waals surface area contributed by atoms with Gasteiger partial charge in [-0.1, -0.05) is 0 Å². The van der Waals surface area contributed by atoms with E-state index >= 15 is 0 Å². The van der Waals surface area contributed by atoms with Crippen molar-refractivity contribution in [3.63, 3.8) is 0 Å². The molecule has 4 heteroatoms. The fourth-order valence-electron chi connectivity index (χ4n) is 2.65. The quantitative estimate of drug-likeness (QED) is 0.730. The topological polar surface area (TPSA) is 52.6 Å². The van der Waals surface area contributed by atoms with Gasteiger partial charge in [0.2, 0.25) is 5.91 Å². The van der Waals surface area contributed by atoms with Gasteiger partial charge in [0.05, 0.1) is 6.10 Å². The Kier molecular flexibility index (Phi) is 3.50. The molecule has 2 fully saturated rings. The van der Waals surface area contributed by atoms with Crippen LogP contribution in [0.2, 0.25) is 0 Å². The van der Waals surface area contributed by atoms with Gasteiger partial charge in [0, 0.05) is 32.1 Å². The molecule has 16 heavy (non-hydrogen) atoms. The predicted molar refractivity (Wildman–Crippen MR) is 62.0 cm³/mol. The molecule has 3 atom stereocenters. The number of aliphatic hydroxyl groups excluding tert-OH is 1. The van der Waals surface area contributed by atoms with Gasteiger partial charge >= 0.3 is 0 Å². The first-order valence-electron chi connectivity index (χ1n) is 6.25.